The standard InChI is InChI=1S/C35H36N4O4/c1-4-16-36-17-19-37(20-18-36)35(41)32-15-13-28-24-39(31-11-6-5-8-27(31)23-38(28)32)34(40)26-12-14-30(33(22-26)43-3)25-9-7-10-29(21-25)42-2/h4-15,21-22H,1,16-20,23-24H2,2-3H3. The summed E-state index contributed by atoms with van der Waals surface area (Å²) in [5, 5.41) is 0. The van der Waals surface area contributed by atoms with Crippen molar-refractivity contribution < 1.29 is 19.1 Å². The minimum Gasteiger partial charge on any atom is -0.497 e. The average Bonchev–Trinajstić information content (AvgIpc) is 3.37. The summed E-state index contributed by atoms with van der Waals surface area (Å²) in [6.07, 6.45) is 1.90. The summed E-state index contributed by atoms with van der Waals surface area (Å²) < 4.78 is 13.2. The van der Waals surface area contributed by atoms with Crippen molar-refractivity contribution in [2.75, 3.05) is 51.8 Å². The van der Waals surface area contributed by atoms with Crippen LogP contribution < -0.4 is 14.4 Å². The predicted octanol–water partition coefficient (Wildman–Crippen LogP) is 5.32. The zero-order valence-corrected chi connectivity index (χ0v) is 24.7. The number of amides is 2. The lowest BCUT2D eigenvalue weighted by Crippen LogP contribution is -2.49. The first kappa shape index (κ1) is 28.3. The molecule has 3 heterocycles. The number of fused-ring (bicyclic) bond motifs is 2. The quantitative estimate of drug-likeness (QED) is 0.279. The maximum atomic E-state index is 14.2. The Hall–Kier alpha value is -4.82. The third kappa shape index (κ3) is 5.53. The topological polar surface area (TPSA) is 67.2 Å². The van der Waals surface area contributed by atoms with E-state index in [1.54, 1.807) is 25.2 Å². The summed E-state index contributed by atoms with van der Waals surface area (Å²) in [5.74, 6) is 1.24. The van der Waals surface area contributed by atoms with Crippen LogP contribution in [0.1, 0.15) is 32.1 Å². The van der Waals surface area contributed by atoms with Gasteiger partial charge in [-0.05, 0) is 59.7 Å². The Morgan fingerprint density at radius 1 is 0.837 bits per heavy atom. The van der Waals surface area contributed by atoms with Crippen molar-refractivity contribution in [1.29, 1.82) is 0 Å². The number of benzene rings is 3. The fourth-order valence-electron chi connectivity index (χ4n) is 6.02. The number of nitrogens with zero attached hydrogens (tertiary/aromatic N) is 4. The predicted molar refractivity (Wildman–Crippen MR) is 168 cm³/mol. The molecule has 0 aliphatic carbocycles. The van der Waals surface area contributed by atoms with Crippen LogP contribution in [0.3, 0.4) is 0 Å². The van der Waals surface area contributed by atoms with Crippen LogP contribution in [0.5, 0.6) is 11.5 Å². The Labute approximate surface area is 252 Å². The van der Waals surface area contributed by atoms with Crippen molar-refractivity contribution in [2.24, 2.45) is 0 Å². The van der Waals surface area contributed by atoms with Gasteiger partial charge in [0.15, 0.2) is 0 Å². The molecule has 0 N–H and O–H groups in total. The molecule has 2 aliphatic rings. The minimum atomic E-state index is -0.135. The van der Waals surface area contributed by atoms with Gasteiger partial charge >= 0.3 is 0 Å². The molecule has 0 spiro atoms. The smallest absolute Gasteiger partial charge is 0.270 e. The van der Waals surface area contributed by atoms with Gasteiger partial charge in [0.25, 0.3) is 11.8 Å². The van der Waals surface area contributed by atoms with Crippen LogP contribution in [0.2, 0.25) is 0 Å². The van der Waals surface area contributed by atoms with Crippen LogP contribution in [-0.2, 0) is 13.1 Å². The van der Waals surface area contributed by atoms with E-state index in [4.69, 9.17) is 9.47 Å². The van der Waals surface area contributed by atoms with Crippen molar-refractivity contribution in [1.82, 2.24) is 14.4 Å². The average molecular weight is 577 g/mol. The second kappa shape index (κ2) is 12.2. The molecule has 1 aromatic heterocycles. The van der Waals surface area contributed by atoms with Crippen molar-refractivity contribution in [3.63, 3.8) is 0 Å². The van der Waals surface area contributed by atoms with Crippen molar-refractivity contribution in [3.8, 4) is 22.6 Å². The fraction of sp³-hybridized carbons (Fsp3) is 0.257. The Morgan fingerprint density at radius 2 is 1.65 bits per heavy atom. The molecule has 2 aliphatic heterocycles. The van der Waals surface area contributed by atoms with E-state index in [1.165, 1.54) is 0 Å². The molecule has 220 valence electrons. The number of hydrogen-bond acceptors (Lipinski definition) is 5. The molecule has 2 amide bonds. The van der Waals surface area contributed by atoms with Gasteiger partial charge in [0.2, 0.25) is 0 Å². The molecule has 1 saturated heterocycles. The number of ether oxygens (including phenoxy) is 2. The summed E-state index contributed by atoms with van der Waals surface area (Å²) in [6, 6.07) is 25.1. The lowest BCUT2D eigenvalue weighted by Gasteiger charge is -2.34. The van der Waals surface area contributed by atoms with Crippen LogP contribution in [0, 0.1) is 0 Å². The number of anilines is 1. The Morgan fingerprint density at radius 3 is 2.42 bits per heavy atom. The maximum Gasteiger partial charge on any atom is 0.270 e. The van der Waals surface area contributed by atoms with Gasteiger partial charge in [-0.25, -0.2) is 0 Å². The molecule has 6 rings (SSSR count). The Kier molecular flexibility index (Phi) is 8.03. The van der Waals surface area contributed by atoms with Crippen LogP contribution in [0.4, 0.5) is 5.69 Å². The molecular formula is C35H36N4O4. The molecule has 8 nitrogen and oxygen atoms in total. The monoisotopic (exact) mass is 576 g/mol. The third-order valence-electron chi connectivity index (χ3n) is 8.34. The molecule has 0 radical (unpaired) electrons. The number of methoxy groups -OCH3 is 2. The van der Waals surface area contributed by atoms with Gasteiger partial charge in [-0.3, -0.25) is 14.5 Å². The highest BCUT2D eigenvalue weighted by Crippen LogP contribution is 2.35. The zero-order chi connectivity index (χ0) is 29.9. The number of carbonyl (C=O) groups is 2. The highest BCUT2D eigenvalue weighted by molar-refractivity contribution is 6.07. The van der Waals surface area contributed by atoms with Gasteiger partial charge in [0.1, 0.15) is 17.2 Å². The van der Waals surface area contributed by atoms with E-state index in [1.807, 2.05) is 83.8 Å². The number of aromatic nitrogens is 1. The van der Waals surface area contributed by atoms with Gasteiger partial charge in [0, 0.05) is 55.2 Å². The van der Waals surface area contributed by atoms with Crippen molar-refractivity contribution in [3.05, 3.63) is 114 Å². The van der Waals surface area contributed by atoms with Gasteiger partial charge in [-0.15, -0.1) is 6.58 Å². The summed E-state index contributed by atoms with van der Waals surface area (Å²) in [5.41, 5.74) is 5.72. The zero-order valence-electron chi connectivity index (χ0n) is 24.7. The van der Waals surface area contributed by atoms with E-state index in [9.17, 15) is 9.59 Å². The Balaban J connectivity index is 1.30. The second-order valence-corrected chi connectivity index (χ2v) is 10.8. The van der Waals surface area contributed by atoms with E-state index < -0.39 is 0 Å². The minimum absolute atomic E-state index is 0.0274. The summed E-state index contributed by atoms with van der Waals surface area (Å²) in [6.45, 7) is 8.54. The first-order chi connectivity index (χ1) is 21.0. The lowest BCUT2D eigenvalue weighted by molar-refractivity contribution is 0.0639. The van der Waals surface area contributed by atoms with Crippen molar-refractivity contribution >= 4 is 17.5 Å². The number of carbonyl (C=O) groups excluding carboxylic acids is 2. The normalized spacial score (nSPS) is 14.8. The molecule has 4 aromatic rings. The molecular weight excluding hydrogens is 540 g/mol. The van der Waals surface area contributed by atoms with Gasteiger partial charge in [-0.1, -0.05) is 36.4 Å². The number of piperazine rings is 1. The molecule has 0 unspecified atom stereocenters. The largest absolute Gasteiger partial charge is 0.497 e. The number of rotatable bonds is 7. The van der Waals surface area contributed by atoms with E-state index in [0.717, 1.165) is 53.5 Å². The van der Waals surface area contributed by atoms with E-state index in [-0.39, 0.29) is 11.8 Å². The summed E-state index contributed by atoms with van der Waals surface area (Å²) in [7, 11) is 3.25. The second-order valence-electron chi connectivity index (χ2n) is 10.8. The summed E-state index contributed by atoms with van der Waals surface area (Å²) in [4.78, 5) is 33.9. The van der Waals surface area contributed by atoms with Crippen LogP contribution in [0.25, 0.3) is 11.1 Å². The van der Waals surface area contributed by atoms with Gasteiger partial charge in [-0.2, -0.15) is 0 Å². The first-order valence-corrected chi connectivity index (χ1v) is 14.5. The SMILES string of the molecule is C=CCN1CCN(C(=O)c2ccc3n2Cc2ccccc2N(C(=O)c2ccc(-c4cccc(OC)c4)c(OC)c2)C3)CC1. The number of para-hydroxylation sites is 1. The molecule has 0 bridgehead atoms. The van der Waals surface area contributed by atoms with Crippen molar-refractivity contribution in [2.45, 2.75) is 13.1 Å². The fourth-order valence-corrected chi connectivity index (χ4v) is 6.02. The van der Waals surface area contributed by atoms with Crippen LogP contribution >= 0.6 is 0 Å². The molecule has 8 heteroatoms. The third-order valence-corrected chi connectivity index (χ3v) is 8.34. The van der Waals surface area contributed by atoms with Crippen LogP contribution in [-0.4, -0.2) is 73.1 Å². The maximum absolute atomic E-state index is 14.2. The van der Waals surface area contributed by atoms with E-state index in [0.29, 0.717) is 43.2 Å². The number of hydrogen-bond donors (Lipinski definition) is 0. The van der Waals surface area contributed by atoms with E-state index >= 15 is 0 Å². The molecule has 0 atom stereocenters. The highest BCUT2D eigenvalue weighted by atomic mass is 16.5. The molecule has 43 heavy (non-hydrogen) atoms. The summed E-state index contributed by atoms with van der Waals surface area (Å²) >= 11 is 0. The van der Waals surface area contributed by atoms with Crippen LogP contribution in [0.15, 0.2) is 91.5 Å². The Bertz CT molecular complexity index is 1670. The lowest BCUT2D eigenvalue weighted by atomic mass is 10.0. The molecule has 0 saturated carbocycles. The highest BCUT2D eigenvalue weighted by Gasteiger charge is 2.30. The molecule has 1 fully saturated rings. The first-order valence-electron chi connectivity index (χ1n) is 14.5. The van der Waals surface area contributed by atoms with Gasteiger partial charge < -0.3 is 23.8 Å². The van der Waals surface area contributed by atoms with E-state index in [2.05, 4.69) is 16.0 Å². The van der Waals surface area contributed by atoms with Gasteiger partial charge in [0.05, 0.1) is 27.3 Å². The molecule has 3 aromatic carbocycles.